The van der Waals surface area contributed by atoms with Gasteiger partial charge in [0.2, 0.25) is 0 Å². The number of ether oxygens (including phenoxy) is 2. The number of rotatable bonds is 5. The Bertz CT molecular complexity index is 1310. The van der Waals surface area contributed by atoms with Gasteiger partial charge in [-0.05, 0) is 69.2 Å². The van der Waals surface area contributed by atoms with Gasteiger partial charge in [0.25, 0.3) is 0 Å². The maximum Gasteiger partial charge on any atom is 0.323 e. The molecule has 4 aromatic rings. The van der Waals surface area contributed by atoms with Crippen molar-refractivity contribution < 1.29 is 14.3 Å². The first-order valence-corrected chi connectivity index (χ1v) is 12.1. The summed E-state index contributed by atoms with van der Waals surface area (Å²) >= 11 is 0. The molecule has 0 spiro atoms. The third kappa shape index (κ3) is 3.94. The molecule has 6 heteroatoms. The van der Waals surface area contributed by atoms with Crippen LogP contribution < -0.4 is 14.4 Å². The highest BCUT2D eigenvalue weighted by atomic mass is 35.7. The summed E-state index contributed by atoms with van der Waals surface area (Å²) in [4.78, 5) is 16.5. The van der Waals surface area contributed by atoms with E-state index in [0.29, 0.717) is 16.4 Å². The van der Waals surface area contributed by atoms with Gasteiger partial charge in [0.05, 0.1) is 23.4 Å². The number of hydrogen-bond donors (Lipinski definition) is 0. The molecule has 1 aliphatic heterocycles. The van der Waals surface area contributed by atoms with E-state index in [-0.39, 0.29) is 5.97 Å². The molecule has 0 fully saturated rings. The van der Waals surface area contributed by atoms with Crippen LogP contribution in [0, 0.1) is 0 Å². The number of benzene rings is 4. The average Bonchev–Trinajstić information content (AvgIpc) is 2.87. The van der Waals surface area contributed by atoms with Crippen LogP contribution in [-0.4, -0.2) is 13.1 Å². The summed E-state index contributed by atoms with van der Waals surface area (Å²) in [6.07, 6.45) is 0. The highest BCUT2D eigenvalue weighted by Crippen LogP contribution is 2.50. The Balaban J connectivity index is 1.67. The Labute approximate surface area is 201 Å². The quantitative estimate of drug-likeness (QED) is 0.222. The van der Waals surface area contributed by atoms with E-state index in [1.54, 1.807) is 13.2 Å². The van der Waals surface area contributed by atoms with Gasteiger partial charge in [0, 0.05) is 11.8 Å². The number of methoxy groups -OCH3 is 1. The van der Waals surface area contributed by atoms with Crippen LogP contribution in [0.25, 0.3) is 0 Å². The van der Waals surface area contributed by atoms with Gasteiger partial charge in [0.15, 0.2) is 0 Å². The fraction of sp³-hybridized carbons (Fsp3) is 0.0741. The predicted molar refractivity (Wildman–Crippen MR) is 133 cm³/mol. The number of nitrogens with zero attached hydrogens (tertiary/aromatic N) is 1. The Kier molecular flexibility index (Phi) is 5.99. The maximum absolute atomic E-state index is 13.6. The van der Waals surface area contributed by atoms with E-state index in [1.807, 2.05) is 91.0 Å². The number of carbonyl (C=O) groups is 1. The van der Waals surface area contributed by atoms with Gasteiger partial charge in [-0.1, -0.05) is 54.6 Å². The fourth-order valence-corrected chi connectivity index (χ4v) is 4.89. The summed E-state index contributed by atoms with van der Waals surface area (Å²) in [5.41, 5.74) is 4.52. The van der Waals surface area contributed by atoms with Crippen molar-refractivity contribution >= 4 is 44.7 Å². The molecule has 4 aromatic carbocycles. The minimum absolute atomic E-state index is 0.361. The second kappa shape index (κ2) is 9.22. The topological polar surface area (TPSA) is 38.8 Å². The minimum atomic E-state index is -0.601. The summed E-state index contributed by atoms with van der Waals surface area (Å²) in [5, 5.41) is 0. The van der Waals surface area contributed by atoms with Crippen LogP contribution in [0.3, 0.4) is 0 Å². The van der Waals surface area contributed by atoms with Crippen molar-refractivity contribution in [1.29, 1.82) is 0 Å². The lowest BCUT2D eigenvalue weighted by molar-refractivity contribution is -0.135. The summed E-state index contributed by atoms with van der Waals surface area (Å²) in [6, 6.07) is 31.0. The van der Waals surface area contributed by atoms with Gasteiger partial charge in [-0.15, -0.1) is 0 Å². The van der Waals surface area contributed by atoms with E-state index in [2.05, 4.69) is 4.90 Å². The molecule has 5 rings (SSSR count). The van der Waals surface area contributed by atoms with Crippen molar-refractivity contribution in [1.82, 2.24) is 0 Å². The summed E-state index contributed by atoms with van der Waals surface area (Å²) in [6.45, 7) is 0. The predicted octanol–water partition coefficient (Wildman–Crippen LogP) is 7.46. The van der Waals surface area contributed by atoms with Gasteiger partial charge < -0.3 is 14.4 Å². The number of para-hydroxylation sites is 3. The van der Waals surface area contributed by atoms with Crippen LogP contribution >= 0.6 is 21.7 Å². The molecule has 0 saturated carbocycles. The maximum atomic E-state index is 13.6. The molecule has 4 nitrogen and oxygen atoms in total. The molecular formula is C27H20ClNO3S. The van der Waals surface area contributed by atoms with Crippen LogP contribution in [0.5, 0.6) is 11.5 Å². The Morgan fingerprint density at radius 2 is 1.55 bits per heavy atom. The second-order valence-corrected chi connectivity index (χ2v) is 8.59. The summed E-state index contributed by atoms with van der Waals surface area (Å²) in [5.74, 6) is 0.195. The number of fused-ring (bicyclic) bond motifs is 2. The molecule has 0 aliphatic carbocycles. The monoisotopic (exact) mass is 473 g/mol. The third-order valence-corrected chi connectivity index (χ3v) is 6.67. The van der Waals surface area contributed by atoms with Gasteiger partial charge in [0.1, 0.15) is 17.4 Å². The van der Waals surface area contributed by atoms with Crippen LogP contribution in [0.1, 0.15) is 17.0 Å². The van der Waals surface area contributed by atoms with Crippen molar-refractivity contribution in [3.8, 4) is 11.5 Å². The Hall–Kier alpha value is -3.41. The number of hydrogen-bond acceptors (Lipinski definition) is 5. The van der Waals surface area contributed by atoms with Gasteiger partial charge in [-0.2, -0.15) is 0 Å². The van der Waals surface area contributed by atoms with Crippen LogP contribution in [-0.2, 0) is 4.79 Å². The van der Waals surface area contributed by atoms with E-state index in [4.69, 9.17) is 20.2 Å². The SMILES string of the molecule is COc1ccc2c(c1)N(c1ccccc1)c1ccccc1C2C(=O)Oc1ccccc1SCl. The molecule has 164 valence electrons. The largest absolute Gasteiger partial charge is 0.497 e. The van der Waals surface area contributed by atoms with Crippen LogP contribution in [0.2, 0.25) is 0 Å². The van der Waals surface area contributed by atoms with E-state index in [1.165, 1.54) is 0 Å². The van der Waals surface area contributed by atoms with Crippen LogP contribution in [0.4, 0.5) is 17.1 Å². The fourth-order valence-electron chi connectivity index (χ4n) is 4.20. The number of anilines is 3. The van der Waals surface area contributed by atoms with Crippen molar-refractivity contribution in [2.24, 2.45) is 0 Å². The highest BCUT2D eigenvalue weighted by molar-refractivity contribution is 8.21. The zero-order chi connectivity index (χ0) is 22.8. The normalized spacial score (nSPS) is 14.2. The zero-order valence-electron chi connectivity index (χ0n) is 17.8. The van der Waals surface area contributed by atoms with Crippen LogP contribution in [0.15, 0.2) is 102 Å². The number of halogens is 1. The van der Waals surface area contributed by atoms with Crippen molar-refractivity contribution in [3.63, 3.8) is 0 Å². The first kappa shape index (κ1) is 21.4. The van der Waals surface area contributed by atoms with E-state index in [9.17, 15) is 4.79 Å². The lowest BCUT2D eigenvalue weighted by Crippen LogP contribution is -2.28. The molecule has 1 heterocycles. The van der Waals surface area contributed by atoms with E-state index >= 15 is 0 Å². The third-order valence-electron chi connectivity index (χ3n) is 5.67. The molecule has 1 aliphatic rings. The number of esters is 1. The molecule has 0 bridgehead atoms. The second-order valence-electron chi connectivity index (χ2n) is 7.53. The first-order chi connectivity index (χ1) is 16.2. The molecular weight excluding hydrogens is 454 g/mol. The van der Waals surface area contributed by atoms with Gasteiger partial charge in [-0.3, -0.25) is 4.79 Å². The smallest absolute Gasteiger partial charge is 0.323 e. The molecule has 0 N–H and O–H groups in total. The highest BCUT2D eigenvalue weighted by Gasteiger charge is 2.37. The Morgan fingerprint density at radius 3 is 2.33 bits per heavy atom. The van der Waals surface area contributed by atoms with Gasteiger partial charge in [-0.25, -0.2) is 0 Å². The van der Waals surface area contributed by atoms with E-state index in [0.717, 1.165) is 39.2 Å². The summed E-state index contributed by atoms with van der Waals surface area (Å²) in [7, 11) is 8.65. The molecule has 0 radical (unpaired) electrons. The first-order valence-electron chi connectivity index (χ1n) is 10.4. The molecule has 1 atom stereocenters. The standard InChI is InChI=1S/C27H20ClNO3S/c1-31-19-15-16-21-23(17-19)29(18-9-3-2-4-10-18)22-12-6-5-11-20(22)26(21)27(30)32-24-13-7-8-14-25(24)33-28/h2-17,26H,1H3. The number of carbonyl (C=O) groups excluding carboxylic acids is 1. The summed E-state index contributed by atoms with van der Waals surface area (Å²) < 4.78 is 11.4. The molecule has 0 aromatic heterocycles. The Morgan fingerprint density at radius 1 is 0.848 bits per heavy atom. The molecule has 0 amide bonds. The molecule has 1 unspecified atom stereocenters. The van der Waals surface area contributed by atoms with E-state index < -0.39 is 5.92 Å². The molecule has 0 saturated heterocycles. The molecule has 33 heavy (non-hydrogen) atoms. The zero-order valence-corrected chi connectivity index (χ0v) is 19.3. The van der Waals surface area contributed by atoms with Crippen molar-refractivity contribution in [3.05, 3.63) is 108 Å². The van der Waals surface area contributed by atoms with Crippen molar-refractivity contribution in [2.75, 3.05) is 12.0 Å². The average molecular weight is 474 g/mol. The lowest BCUT2D eigenvalue weighted by atomic mass is 9.84. The lowest BCUT2D eigenvalue weighted by Gasteiger charge is -2.37. The minimum Gasteiger partial charge on any atom is -0.497 e. The van der Waals surface area contributed by atoms with Crippen molar-refractivity contribution in [2.45, 2.75) is 10.8 Å². The van der Waals surface area contributed by atoms with Gasteiger partial charge >= 0.3 is 5.97 Å².